The molecule has 1 aliphatic heterocycles. The van der Waals surface area contributed by atoms with Crippen molar-refractivity contribution in [2.24, 2.45) is 5.92 Å². The van der Waals surface area contributed by atoms with Gasteiger partial charge in [-0.05, 0) is 71.8 Å². The van der Waals surface area contributed by atoms with Gasteiger partial charge in [-0.15, -0.1) is 0 Å². The van der Waals surface area contributed by atoms with E-state index in [1.807, 2.05) is 30.3 Å². The van der Waals surface area contributed by atoms with Gasteiger partial charge in [0.2, 0.25) is 0 Å². The third kappa shape index (κ3) is 8.64. The van der Waals surface area contributed by atoms with E-state index >= 15 is 0 Å². The van der Waals surface area contributed by atoms with Crippen molar-refractivity contribution in [2.75, 3.05) is 13.1 Å². The fraction of sp³-hybridized carbons (Fsp3) is 0.297. The van der Waals surface area contributed by atoms with E-state index in [1.165, 1.54) is 24.3 Å². The Kier molecular flexibility index (Phi) is 10.7. The summed E-state index contributed by atoms with van der Waals surface area (Å²) in [5, 5.41) is 17.1. The molecular formula is C37H37F4N3O3. The van der Waals surface area contributed by atoms with Crippen molar-refractivity contribution >= 4 is 11.8 Å². The summed E-state index contributed by atoms with van der Waals surface area (Å²) in [6.45, 7) is 2.67. The van der Waals surface area contributed by atoms with E-state index in [4.69, 9.17) is 0 Å². The number of halogens is 4. The smallest absolute Gasteiger partial charge is 0.390 e. The van der Waals surface area contributed by atoms with Crippen LogP contribution in [0, 0.1) is 11.7 Å². The molecule has 1 aliphatic rings. The number of alkyl halides is 3. The summed E-state index contributed by atoms with van der Waals surface area (Å²) in [7, 11) is 0. The molecule has 1 fully saturated rings. The van der Waals surface area contributed by atoms with E-state index < -0.39 is 29.8 Å². The highest BCUT2D eigenvalue weighted by Gasteiger charge is 2.36. The van der Waals surface area contributed by atoms with Gasteiger partial charge >= 0.3 is 6.18 Å². The number of nitrogens with one attached hydrogen (secondary N) is 2. The van der Waals surface area contributed by atoms with Crippen LogP contribution in [0.5, 0.6) is 0 Å². The van der Waals surface area contributed by atoms with Crippen molar-refractivity contribution in [1.29, 1.82) is 0 Å². The summed E-state index contributed by atoms with van der Waals surface area (Å²) in [6.07, 6.45) is -4.46. The number of aliphatic hydroxyl groups excluding tert-OH is 1. The largest absolute Gasteiger partial charge is 0.416 e. The maximum Gasteiger partial charge on any atom is 0.416 e. The highest BCUT2D eigenvalue weighted by Crippen LogP contribution is 2.38. The van der Waals surface area contributed by atoms with Crippen LogP contribution in [0.25, 0.3) is 0 Å². The molecule has 1 saturated heterocycles. The van der Waals surface area contributed by atoms with E-state index in [0.29, 0.717) is 24.1 Å². The normalized spacial score (nSPS) is 17.7. The number of nitrogens with zero attached hydrogens (tertiary/aromatic N) is 1. The van der Waals surface area contributed by atoms with Gasteiger partial charge < -0.3 is 20.6 Å². The predicted octanol–water partition coefficient (Wildman–Crippen LogP) is 6.56. The summed E-state index contributed by atoms with van der Waals surface area (Å²) in [5.41, 5.74) is 1.95. The van der Waals surface area contributed by atoms with Gasteiger partial charge in [-0.2, -0.15) is 13.2 Å². The standard InChI is InChI=1S/C37H37F4N3O3/c1-24-17-18-44(34(24)27-13-15-31(38)16-14-27)36(47)29-11-6-10-28(21-29)35(46)43-32(20-25-7-3-2-4-8-25)33(45)23-42-22-26-9-5-12-30(19-26)37(39,40)41/h2-16,19,21,24,32-34,42,45H,17-18,20,22-23H2,1H3,(H,43,46)/t24?,32-,33-,34?/m0/s1. The molecule has 1 heterocycles. The number of carbonyl (C=O) groups is 2. The lowest BCUT2D eigenvalue weighted by Gasteiger charge is -2.28. The SMILES string of the molecule is CC1CCN(C(=O)c2cccc(C(=O)N[C@@H](Cc3ccccc3)[C@@H](O)CNCc3cccc(C(F)(F)F)c3)c2)C1c1ccc(F)cc1. The summed E-state index contributed by atoms with van der Waals surface area (Å²) < 4.78 is 52.9. The fourth-order valence-corrected chi connectivity index (χ4v) is 6.07. The number of hydrogen-bond acceptors (Lipinski definition) is 4. The Hall–Kier alpha value is -4.54. The molecule has 246 valence electrons. The molecule has 4 atom stereocenters. The molecule has 47 heavy (non-hydrogen) atoms. The van der Waals surface area contributed by atoms with Crippen molar-refractivity contribution in [3.05, 3.63) is 142 Å². The maximum absolute atomic E-state index is 13.7. The second-order valence-electron chi connectivity index (χ2n) is 12.0. The molecule has 0 spiro atoms. The average molecular weight is 648 g/mol. The van der Waals surface area contributed by atoms with Gasteiger partial charge in [0.15, 0.2) is 0 Å². The second kappa shape index (κ2) is 14.9. The third-order valence-electron chi connectivity index (χ3n) is 8.56. The Balaban J connectivity index is 1.28. The number of hydrogen-bond donors (Lipinski definition) is 3. The predicted molar refractivity (Wildman–Crippen MR) is 171 cm³/mol. The summed E-state index contributed by atoms with van der Waals surface area (Å²) in [6, 6.07) is 25.8. The minimum Gasteiger partial charge on any atom is -0.390 e. The number of carbonyl (C=O) groups excluding carboxylic acids is 2. The highest BCUT2D eigenvalue weighted by molar-refractivity contribution is 6.00. The minimum absolute atomic E-state index is 0.00443. The van der Waals surface area contributed by atoms with Gasteiger partial charge in [0.05, 0.1) is 23.8 Å². The Labute approximate surface area is 271 Å². The average Bonchev–Trinajstić information content (AvgIpc) is 3.45. The van der Waals surface area contributed by atoms with Crippen LogP contribution in [0.15, 0.2) is 103 Å². The lowest BCUT2D eigenvalue weighted by atomic mass is 9.95. The van der Waals surface area contributed by atoms with Gasteiger partial charge in [-0.1, -0.05) is 73.7 Å². The van der Waals surface area contributed by atoms with Gasteiger partial charge in [-0.3, -0.25) is 9.59 Å². The van der Waals surface area contributed by atoms with Gasteiger partial charge in [-0.25, -0.2) is 4.39 Å². The van der Waals surface area contributed by atoms with Gasteiger partial charge in [0, 0.05) is 30.8 Å². The summed E-state index contributed by atoms with van der Waals surface area (Å²) >= 11 is 0. The van der Waals surface area contributed by atoms with E-state index in [9.17, 15) is 32.3 Å². The second-order valence-corrected chi connectivity index (χ2v) is 12.0. The molecule has 10 heteroatoms. The van der Waals surface area contributed by atoms with E-state index in [0.717, 1.165) is 29.7 Å². The van der Waals surface area contributed by atoms with Crippen molar-refractivity contribution in [2.45, 2.75) is 50.7 Å². The van der Waals surface area contributed by atoms with Crippen LogP contribution >= 0.6 is 0 Å². The fourth-order valence-electron chi connectivity index (χ4n) is 6.07. The van der Waals surface area contributed by atoms with Crippen molar-refractivity contribution < 1.29 is 32.3 Å². The molecule has 2 unspecified atom stereocenters. The number of likely N-dealkylation sites (tertiary alicyclic amines) is 1. The maximum atomic E-state index is 13.7. The number of rotatable bonds is 11. The van der Waals surface area contributed by atoms with E-state index in [1.54, 1.807) is 41.3 Å². The van der Waals surface area contributed by atoms with Crippen LogP contribution < -0.4 is 10.6 Å². The molecule has 4 aromatic carbocycles. The first-order valence-electron chi connectivity index (χ1n) is 15.6. The van der Waals surface area contributed by atoms with Crippen LogP contribution in [0.4, 0.5) is 17.6 Å². The first-order valence-corrected chi connectivity index (χ1v) is 15.6. The molecule has 6 nitrogen and oxygen atoms in total. The van der Waals surface area contributed by atoms with Crippen LogP contribution in [-0.2, 0) is 19.1 Å². The molecule has 5 rings (SSSR count). The highest BCUT2D eigenvalue weighted by atomic mass is 19.4. The lowest BCUT2D eigenvalue weighted by molar-refractivity contribution is -0.137. The Bertz CT molecular complexity index is 1660. The summed E-state index contributed by atoms with van der Waals surface area (Å²) in [5.74, 6) is -0.906. The number of benzene rings is 4. The molecule has 0 bridgehead atoms. The van der Waals surface area contributed by atoms with Crippen LogP contribution in [0.1, 0.15) is 62.4 Å². The lowest BCUT2D eigenvalue weighted by Crippen LogP contribution is -2.48. The summed E-state index contributed by atoms with van der Waals surface area (Å²) in [4.78, 5) is 29.0. The van der Waals surface area contributed by atoms with E-state index in [-0.39, 0.29) is 42.3 Å². The van der Waals surface area contributed by atoms with Crippen molar-refractivity contribution in [3.63, 3.8) is 0 Å². The molecule has 2 amide bonds. The van der Waals surface area contributed by atoms with E-state index in [2.05, 4.69) is 17.6 Å². The van der Waals surface area contributed by atoms with Gasteiger partial charge in [0.25, 0.3) is 11.8 Å². The quantitative estimate of drug-likeness (QED) is 0.161. The Morgan fingerprint density at radius 1 is 0.894 bits per heavy atom. The molecule has 4 aromatic rings. The van der Waals surface area contributed by atoms with Crippen LogP contribution in [-0.4, -0.2) is 47.1 Å². The molecular weight excluding hydrogens is 610 g/mol. The zero-order valence-electron chi connectivity index (χ0n) is 25.9. The van der Waals surface area contributed by atoms with Crippen molar-refractivity contribution in [3.8, 4) is 0 Å². The van der Waals surface area contributed by atoms with Crippen LogP contribution in [0.2, 0.25) is 0 Å². The monoisotopic (exact) mass is 647 g/mol. The Morgan fingerprint density at radius 3 is 2.30 bits per heavy atom. The minimum atomic E-state index is -4.46. The topological polar surface area (TPSA) is 81.7 Å². The number of aliphatic hydroxyl groups is 1. The molecule has 0 aromatic heterocycles. The first kappa shape index (κ1) is 33.8. The zero-order valence-corrected chi connectivity index (χ0v) is 25.9. The van der Waals surface area contributed by atoms with Crippen LogP contribution in [0.3, 0.4) is 0 Å². The molecule has 0 aliphatic carbocycles. The zero-order chi connectivity index (χ0) is 33.6. The van der Waals surface area contributed by atoms with Crippen molar-refractivity contribution in [1.82, 2.24) is 15.5 Å². The Morgan fingerprint density at radius 2 is 1.57 bits per heavy atom. The molecule has 0 saturated carbocycles. The molecule has 3 N–H and O–H groups in total. The van der Waals surface area contributed by atoms with Gasteiger partial charge in [0.1, 0.15) is 5.82 Å². The third-order valence-corrected chi connectivity index (χ3v) is 8.56. The first-order chi connectivity index (χ1) is 22.5. The number of amides is 2. The molecule has 0 radical (unpaired) electrons.